The molecule has 2 aliphatic carbocycles. The van der Waals surface area contributed by atoms with Crippen molar-refractivity contribution in [2.45, 2.75) is 18.5 Å². The first kappa shape index (κ1) is 18.8. The van der Waals surface area contributed by atoms with E-state index < -0.39 is 30.2 Å². The molecule has 4 nitrogen and oxygen atoms in total. The van der Waals surface area contributed by atoms with Crippen LogP contribution in [0.15, 0.2) is 48.5 Å². The lowest BCUT2D eigenvalue weighted by Crippen LogP contribution is -2.35. The average molecular weight is 391 g/mol. The van der Waals surface area contributed by atoms with Gasteiger partial charge in [0.1, 0.15) is 6.61 Å². The number of aliphatic hydroxyl groups excluding tert-OH is 1. The van der Waals surface area contributed by atoms with Gasteiger partial charge in [-0.1, -0.05) is 48.5 Å². The predicted molar refractivity (Wildman–Crippen MR) is 96.8 cm³/mol. The Hall–Kier alpha value is -2.54. The first-order valence-corrected chi connectivity index (χ1v) is 9.12. The van der Waals surface area contributed by atoms with Gasteiger partial charge < -0.3 is 15.2 Å². The van der Waals surface area contributed by atoms with E-state index in [1.54, 1.807) is 0 Å². The second-order valence-corrected chi connectivity index (χ2v) is 7.50. The molecule has 0 aliphatic heterocycles. The molecular formula is C21H20F3NO3. The maximum absolute atomic E-state index is 12.8. The number of carbonyl (C=O) groups is 1. The van der Waals surface area contributed by atoms with Crippen LogP contribution in [0.25, 0.3) is 11.1 Å². The minimum Gasteiger partial charge on any atom is -0.449 e. The normalized spacial score (nSPS) is 23.1. The summed E-state index contributed by atoms with van der Waals surface area (Å²) in [6.45, 7) is -0.792. The van der Waals surface area contributed by atoms with Crippen LogP contribution in [0.2, 0.25) is 0 Å². The molecule has 1 amide bonds. The molecule has 0 heterocycles. The second kappa shape index (κ2) is 6.81. The molecule has 148 valence electrons. The van der Waals surface area contributed by atoms with Crippen molar-refractivity contribution < 1.29 is 27.8 Å². The number of alkyl halides is 3. The molecule has 0 radical (unpaired) electrons. The van der Waals surface area contributed by atoms with E-state index >= 15 is 0 Å². The van der Waals surface area contributed by atoms with Gasteiger partial charge in [-0.2, -0.15) is 13.2 Å². The van der Waals surface area contributed by atoms with Crippen LogP contribution in [0, 0.1) is 11.3 Å². The number of carbonyl (C=O) groups excluding carboxylic acids is 1. The highest BCUT2D eigenvalue weighted by Gasteiger charge is 2.66. The fraction of sp³-hybridized carbons (Fsp3) is 0.381. The average Bonchev–Trinajstić information content (AvgIpc) is 3.35. The van der Waals surface area contributed by atoms with E-state index in [4.69, 9.17) is 4.74 Å². The SMILES string of the molecule is O=C(NC[C@]1(CO)C[C@@H]1C(F)(F)F)OCC1c2ccccc2-c2ccccc21. The molecule has 4 rings (SSSR count). The van der Waals surface area contributed by atoms with Crippen molar-refractivity contribution in [3.05, 3.63) is 59.7 Å². The Morgan fingerprint density at radius 1 is 1.11 bits per heavy atom. The Kier molecular flexibility index (Phi) is 4.57. The summed E-state index contributed by atoms with van der Waals surface area (Å²) in [5, 5.41) is 11.7. The van der Waals surface area contributed by atoms with Gasteiger partial charge in [0.05, 0.1) is 12.5 Å². The number of nitrogens with one attached hydrogen (secondary N) is 1. The molecule has 2 atom stereocenters. The number of aliphatic hydroxyl groups is 1. The van der Waals surface area contributed by atoms with Gasteiger partial charge >= 0.3 is 12.3 Å². The van der Waals surface area contributed by atoms with Crippen molar-refractivity contribution in [2.75, 3.05) is 19.8 Å². The topological polar surface area (TPSA) is 58.6 Å². The summed E-state index contributed by atoms with van der Waals surface area (Å²) in [4.78, 5) is 12.1. The van der Waals surface area contributed by atoms with Crippen LogP contribution in [0.3, 0.4) is 0 Å². The largest absolute Gasteiger partial charge is 0.449 e. The Morgan fingerprint density at radius 2 is 1.68 bits per heavy atom. The quantitative estimate of drug-likeness (QED) is 0.807. The van der Waals surface area contributed by atoms with Crippen LogP contribution in [0.1, 0.15) is 23.5 Å². The van der Waals surface area contributed by atoms with Gasteiger partial charge in [0.15, 0.2) is 0 Å². The van der Waals surface area contributed by atoms with E-state index in [9.17, 15) is 23.1 Å². The third-order valence-corrected chi connectivity index (χ3v) is 5.83. The van der Waals surface area contributed by atoms with Crippen molar-refractivity contribution in [1.29, 1.82) is 0 Å². The van der Waals surface area contributed by atoms with Crippen molar-refractivity contribution in [1.82, 2.24) is 5.32 Å². The van der Waals surface area contributed by atoms with E-state index in [0.29, 0.717) is 0 Å². The fourth-order valence-electron chi connectivity index (χ4n) is 4.13. The van der Waals surface area contributed by atoms with E-state index in [2.05, 4.69) is 5.32 Å². The molecule has 1 fully saturated rings. The lowest BCUT2D eigenvalue weighted by atomic mass is 9.98. The first-order valence-electron chi connectivity index (χ1n) is 9.12. The van der Waals surface area contributed by atoms with Crippen LogP contribution in [-0.4, -0.2) is 37.1 Å². The van der Waals surface area contributed by atoms with Gasteiger partial charge in [0, 0.05) is 17.9 Å². The fourth-order valence-corrected chi connectivity index (χ4v) is 4.13. The molecule has 1 saturated carbocycles. The molecule has 0 spiro atoms. The minimum atomic E-state index is -4.37. The summed E-state index contributed by atoms with van der Waals surface area (Å²) in [7, 11) is 0. The summed E-state index contributed by atoms with van der Waals surface area (Å²) in [5.41, 5.74) is 2.98. The van der Waals surface area contributed by atoms with E-state index in [-0.39, 0.29) is 25.5 Å². The highest BCUT2D eigenvalue weighted by molar-refractivity contribution is 5.79. The maximum Gasteiger partial charge on any atom is 0.407 e. The lowest BCUT2D eigenvalue weighted by Gasteiger charge is -2.18. The first-order chi connectivity index (χ1) is 13.4. The van der Waals surface area contributed by atoms with Crippen LogP contribution in [0.5, 0.6) is 0 Å². The van der Waals surface area contributed by atoms with E-state index in [0.717, 1.165) is 22.3 Å². The summed E-state index contributed by atoms with van der Waals surface area (Å²) < 4.78 is 43.8. The van der Waals surface area contributed by atoms with Crippen LogP contribution < -0.4 is 5.32 Å². The number of benzene rings is 2. The second-order valence-electron chi connectivity index (χ2n) is 7.50. The monoisotopic (exact) mass is 391 g/mol. The number of halogens is 3. The molecule has 0 saturated heterocycles. The number of hydrogen-bond acceptors (Lipinski definition) is 3. The van der Waals surface area contributed by atoms with Gasteiger partial charge in [-0.3, -0.25) is 0 Å². The molecule has 2 N–H and O–H groups in total. The van der Waals surface area contributed by atoms with Crippen LogP contribution in [0.4, 0.5) is 18.0 Å². The third kappa shape index (κ3) is 3.24. The Labute approximate surface area is 160 Å². The molecule has 2 aromatic rings. The minimum absolute atomic E-state index is 0.0919. The number of alkyl carbamates (subject to hydrolysis) is 1. The number of hydrogen-bond donors (Lipinski definition) is 2. The van der Waals surface area contributed by atoms with Crippen molar-refractivity contribution in [3.8, 4) is 11.1 Å². The summed E-state index contributed by atoms with van der Waals surface area (Å²) >= 11 is 0. The zero-order valence-electron chi connectivity index (χ0n) is 15.0. The van der Waals surface area contributed by atoms with Gasteiger partial charge in [-0.05, 0) is 28.7 Å². The third-order valence-electron chi connectivity index (χ3n) is 5.83. The Bertz CT molecular complexity index is 853. The number of ether oxygens (including phenoxy) is 1. The molecule has 0 aromatic heterocycles. The molecule has 0 unspecified atom stereocenters. The summed E-state index contributed by atoms with van der Waals surface area (Å²) in [5.74, 6) is -1.70. The molecule has 2 aromatic carbocycles. The zero-order chi connectivity index (χ0) is 19.9. The number of rotatable bonds is 5. The standard InChI is InChI=1S/C21H20F3NO3/c22-21(23,24)18-9-20(18,12-26)11-25-19(27)28-10-17-15-7-3-1-5-13(15)14-6-2-4-8-16(14)17/h1-8,17-18,26H,9-12H2,(H,25,27)/t18-,20-/m0/s1. The van der Waals surface area contributed by atoms with Crippen LogP contribution >= 0.6 is 0 Å². The summed E-state index contributed by atoms with van der Waals surface area (Å²) in [6.07, 6.45) is -5.33. The zero-order valence-corrected chi connectivity index (χ0v) is 15.0. The van der Waals surface area contributed by atoms with Gasteiger partial charge in [0.2, 0.25) is 0 Å². The van der Waals surface area contributed by atoms with Crippen molar-refractivity contribution in [2.24, 2.45) is 11.3 Å². The molecular weight excluding hydrogens is 371 g/mol. The molecule has 2 aliphatic rings. The van der Waals surface area contributed by atoms with Gasteiger partial charge in [-0.15, -0.1) is 0 Å². The highest BCUT2D eigenvalue weighted by atomic mass is 19.4. The number of fused-ring (bicyclic) bond motifs is 3. The Morgan fingerprint density at radius 3 is 2.18 bits per heavy atom. The maximum atomic E-state index is 12.8. The summed E-state index contributed by atoms with van der Waals surface area (Å²) in [6, 6.07) is 15.8. The van der Waals surface area contributed by atoms with Crippen LogP contribution in [-0.2, 0) is 4.74 Å². The molecule has 28 heavy (non-hydrogen) atoms. The molecule has 7 heteroatoms. The lowest BCUT2D eigenvalue weighted by molar-refractivity contribution is -0.158. The van der Waals surface area contributed by atoms with Crippen molar-refractivity contribution >= 4 is 6.09 Å². The highest BCUT2D eigenvalue weighted by Crippen LogP contribution is 2.59. The van der Waals surface area contributed by atoms with Gasteiger partial charge in [0.25, 0.3) is 0 Å². The van der Waals surface area contributed by atoms with Gasteiger partial charge in [-0.25, -0.2) is 4.79 Å². The predicted octanol–water partition coefficient (Wildman–Crippen LogP) is 4.09. The molecule has 0 bridgehead atoms. The Balaban J connectivity index is 1.38. The van der Waals surface area contributed by atoms with Crippen molar-refractivity contribution in [3.63, 3.8) is 0 Å². The van der Waals surface area contributed by atoms with E-state index in [1.807, 2.05) is 48.5 Å². The van der Waals surface area contributed by atoms with E-state index in [1.165, 1.54) is 0 Å². The number of amides is 1. The smallest absolute Gasteiger partial charge is 0.407 e.